The van der Waals surface area contributed by atoms with Gasteiger partial charge in [-0.2, -0.15) is 5.10 Å². The SMILES string of the molecule is Cc1ccn(CCC(=O)NCCCc2nc3ccccc3n2C)n1. The first-order valence-corrected chi connectivity index (χ1v) is 8.30. The van der Waals surface area contributed by atoms with Gasteiger partial charge in [0.2, 0.25) is 5.91 Å². The van der Waals surface area contributed by atoms with E-state index in [0.717, 1.165) is 35.4 Å². The van der Waals surface area contributed by atoms with Gasteiger partial charge in [-0.1, -0.05) is 12.1 Å². The molecule has 0 aliphatic carbocycles. The van der Waals surface area contributed by atoms with Gasteiger partial charge in [-0.3, -0.25) is 9.48 Å². The first kappa shape index (κ1) is 16.2. The zero-order valence-corrected chi connectivity index (χ0v) is 14.2. The maximum absolute atomic E-state index is 11.9. The van der Waals surface area contributed by atoms with E-state index in [1.807, 2.05) is 44.4 Å². The Morgan fingerprint density at radius 1 is 1.25 bits per heavy atom. The fourth-order valence-corrected chi connectivity index (χ4v) is 2.79. The number of carbonyl (C=O) groups is 1. The fraction of sp³-hybridized carbons (Fsp3) is 0.389. The number of hydrogen-bond acceptors (Lipinski definition) is 3. The topological polar surface area (TPSA) is 64.7 Å². The summed E-state index contributed by atoms with van der Waals surface area (Å²) in [5.41, 5.74) is 3.14. The van der Waals surface area contributed by atoms with Crippen LogP contribution in [0, 0.1) is 6.92 Å². The monoisotopic (exact) mass is 325 g/mol. The molecule has 6 nitrogen and oxygen atoms in total. The molecule has 24 heavy (non-hydrogen) atoms. The number of rotatable bonds is 7. The largest absolute Gasteiger partial charge is 0.356 e. The van der Waals surface area contributed by atoms with Crippen molar-refractivity contribution in [2.24, 2.45) is 7.05 Å². The summed E-state index contributed by atoms with van der Waals surface area (Å²) in [6, 6.07) is 10.1. The second-order valence-electron chi connectivity index (χ2n) is 6.00. The number of hydrogen-bond donors (Lipinski definition) is 1. The smallest absolute Gasteiger partial charge is 0.221 e. The third-order valence-electron chi connectivity index (χ3n) is 4.12. The van der Waals surface area contributed by atoms with E-state index in [1.54, 1.807) is 4.68 Å². The molecule has 1 amide bonds. The zero-order chi connectivity index (χ0) is 16.9. The van der Waals surface area contributed by atoms with E-state index in [9.17, 15) is 4.79 Å². The summed E-state index contributed by atoms with van der Waals surface area (Å²) in [7, 11) is 2.04. The van der Waals surface area contributed by atoms with Crippen LogP contribution in [0.2, 0.25) is 0 Å². The standard InChI is InChI=1S/C18H23N5O/c1-14-9-12-23(21-14)13-10-18(24)19-11-5-8-17-20-15-6-3-4-7-16(15)22(17)2/h3-4,6-7,9,12H,5,8,10-11,13H2,1-2H3,(H,19,24). The molecule has 3 aromatic rings. The summed E-state index contributed by atoms with van der Waals surface area (Å²) < 4.78 is 3.92. The molecule has 0 radical (unpaired) electrons. The molecule has 1 N–H and O–H groups in total. The molecule has 0 aliphatic heterocycles. The van der Waals surface area contributed by atoms with Crippen LogP contribution in [0.25, 0.3) is 11.0 Å². The predicted molar refractivity (Wildman–Crippen MR) is 93.6 cm³/mol. The van der Waals surface area contributed by atoms with Crippen molar-refractivity contribution in [3.05, 3.63) is 48.0 Å². The predicted octanol–water partition coefficient (Wildman–Crippen LogP) is 2.22. The van der Waals surface area contributed by atoms with Crippen molar-refractivity contribution in [1.29, 1.82) is 0 Å². The lowest BCUT2D eigenvalue weighted by atomic mass is 10.3. The van der Waals surface area contributed by atoms with Crippen LogP contribution in [-0.2, 0) is 24.8 Å². The van der Waals surface area contributed by atoms with Gasteiger partial charge in [-0.25, -0.2) is 4.98 Å². The Bertz CT molecular complexity index is 833. The van der Waals surface area contributed by atoms with Crippen LogP contribution in [-0.4, -0.2) is 31.8 Å². The molecule has 0 saturated heterocycles. The van der Waals surface area contributed by atoms with Gasteiger partial charge in [0.1, 0.15) is 5.82 Å². The Hall–Kier alpha value is -2.63. The molecule has 0 bridgehead atoms. The van der Waals surface area contributed by atoms with Gasteiger partial charge < -0.3 is 9.88 Å². The summed E-state index contributed by atoms with van der Waals surface area (Å²) in [5, 5.41) is 7.24. The molecule has 0 fully saturated rings. The Labute approximate surface area is 141 Å². The lowest BCUT2D eigenvalue weighted by molar-refractivity contribution is -0.121. The minimum Gasteiger partial charge on any atom is -0.356 e. The third kappa shape index (κ3) is 3.82. The minimum absolute atomic E-state index is 0.0631. The number of nitrogens with one attached hydrogen (secondary N) is 1. The van der Waals surface area contributed by atoms with Crippen molar-refractivity contribution in [2.75, 3.05) is 6.54 Å². The van der Waals surface area contributed by atoms with Crippen molar-refractivity contribution < 1.29 is 4.79 Å². The molecular weight excluding hydrogens is 302 g/mol. The van der Waals surface area contributed by atoms with E-state index in [2.05, 4.69) is 26.0 Å². The van der Waals surface area contributed by atoms with Gasteiger partial charge >= 0.3 is 0 Å². The molecule has 2 heterocycles. The van der Waals surface area contributed by atoms with E-state index in [-0.39, 0.29) is 5.91 Å². The molecule has 0 atom stereocenters. The van der Waals surface area contributed by atoms with E-state index in [1.165, 1.54) is 0 Å². The number of para-hydroxylation sites is 2. The van der Waals surface area contributed by atoms with Crippen LogP contribution in [0.3, 0.4) is 0 Å². The summed E-state index contributed by atoms with van der Waals surface area (Å²) in [6.45, 7) is 3.22. The Balaban J connectivity index is 1.41. The van der Waals surface area contributed by atoms with Crippen LogP contribution in [0.15, 0.2) is 36.5 Å². The average Bonchev–Trinajstić information content (AvgIpc) is 3.14. The van der Waals surface area contributed by atoms with Gasteiger partial charge in [-0.15, -0.1) is 0 Å². The second-order valence-corrected chi connectivity index (χ2v) is 6.00. The summed E-state index contributed by atoms with van der Waals surface area (Å²) in [6.07, 6.45) is 4.08. The minimum atomic E-state index is 0.0631. The van der Waals surface area contributed by atoms with Crippen molar-refractivity contribution in [3.8, 4) is 0 Å². The summed E-state index contributed by atoms with van der Waals surface area (Å²) in [5.74, 6) is 1.12. The molecule has 3 rings (SSSR count). The molecule has 1 aromatic carbocycles. The van der Waals surface area contributed by atoms with Crippen LogP contribution >= 0.6 is 0 Å². The first-order valence-electron chi connectivity index (χ1n) is 8.30. The highest BCUT2D eigenvalue weighted by Gasteiger charge is 2.07. The number of aryl methyl sites for hydroxylation is 4. The highest BCUT2D eigenvalue weighted by Crippen LogP contribution is 2.14. The molecule has 0 unspecified atom stereocenters. The quantitative estimate of drug-likeness (QED) is 0.677. The number of carbonyl (C=O) groups excluding carboxylic acids is 1. The highest BCUT2D eigenvalue weighted by molar-refractivity contribution is 5.76. The lowest BCUT2D eigenvalue weighted by Gasteiger charge is -2.06. The Kier molecular flexibility index (Phi) is 4.93. The Morgan fingerprint density at radius 3 is 2.83 bits per heavy atom. The van der Waals surface area contributed by atoms with Crippen molar-refractivity contribution in [1.82, 2.24) is 24.6 Å². The van der Waals surface area contributed by atoms with E-state index in [0.29, 0.717) is 19.5 Å². The number of nitrogens with zero attached hydrogens (tertiary/aromatic N) is 4. The normalized spacial score (nSPS) is 11.1. The van der Waals surface area contributed by atoms with Gasteiger partial charge in [-0.05, 0) is 31.5 Å². The number of amides is 1. The fourth-order valence-electron chi connectivity index (χ4n) is 2.79. The molecule has 0 spiro atoms. The van der Waals surface area contributed by atoms with E-state index in [4.69, 9.17) is 0 Å². The zero-order valence-electron chi connectivity index (χ0n) is 14.2. The molecule has 0 aliphatic rings. The molecular formula is C18H23N5O. The molecule has 2 aromatic heterocycles. The van der Waals surface area contributed by atoms with Crippen LogP contribution in [0.4, 0.5) is 0 Å². The summed E-state index contributed by atoms with van der Waals surface area (Å²) >= 11 is 0. The van der Waals surface area contributed by atoms with Crippen molar-refractivity contribution in [3.63, 3.8) is 0 Å². The summed E-state index contributed by atoms with van der Waals surface area (Å²) in [4.78, 5) is 16.5. The maximum Gasteiger partial charge on any atom is 0.221 e. The molecule has 6 heteroatoms. The van der Waals surface area contributed by atoms with Crippen LogP contribution in [0.1, 0.15) is 24.4 Å². The first-order chi connectivity index (χ1) is 11.6. The van der Waals surface area contributed by atoms with Gasteiger partial charge in [0, 0.05) is 39.2 Å². The van der Waals surface area contributed by atoms with Gasteiger partial charge in [0.25, 0.3) is 0 Å². The number of aromatic nitrogens is 4. The van der Waals surface area contributed by atoms with E-state index < -0.39 is 0 Å². The van der Waals surface area contributed by atoms with Gasteiger partial charge in [0.05, 0.1) is 16.7 Å². The average molecular weight is 325 g/mol. The lowest BCUT2D eigenvalue weighted by Crippen LogP contribution is -2.26. The maximum atomic E-state index is 11.9. The number of fused-ring (bicyclic) bond motifs is 1. The van der Waals surface area contributed by atoms with Crippen LogP contribution < -0.4 is 5.32 Å². The van der Waals surface area contributed by atoms with Gasteiger partial charge in [0.15, 0.2) is 0 Å². The van der Waals surface area contributed by atoms with Crippen molar-refractivity contribution in [2.45, 2.75) is 32.7 Å². The number of imidazole rings is 1. The Morgan fingerprint density at radius 2 is 2.08 bits per heavy atom. The number of benzene rings is 1. The van der Waals surface area contributed by atoms with Crippen LogP contribution in [0.5, 0.6) is 0 Å². The highest BCUT2D eigenvalue weighted by atomic mass is 16.1. The molecule has 126 valence electrons. The second kappa shape index (κ2) is 7.29. The van der Waals surface area contributed by atoms with Crippen molar-refractivity contribution >= 4 is 16.9 Å². The molecule has 0 saturated carbocycles. The van der Waals surface area contributed by atoms with E-state index >= 15 is 0 Å². The third-order valence-corrected chi connectivity index (χ3v) is 4.12.